The Morgan fingerprint density at radius 2 is 1.89 bits per heavy atom. The number of hydrogen-bond donors (Lipinski definition) is 0. The summed E-state index contributed by atoms with van der Waals surface area (Å²) in [5, 5.41) is 1.15. The largest absolute Gasteiger partial charge is 0.469 e. The van der Waals surface area contributed by atoms with Crippen LogP contribution in [0.5, 0.6) is 0 Å². The lowest BCUT2D eigenvalue weighted by Gasteiger charge is -2.15. The predicted octanol–water partition coefficient (Wildman–Crippen LogP) is 4.55. The molecule has 146 valence electrons. The summed E-state index contributed by atoms with van der Waals surface area (Å²) in [6, 6.07) is 15.4. The lowest BCUT2D eigenvalue weighted by molar-refractivity contribution is -0.140. The van der Waals surface area contributed by atoms with Crippen LogP contribution in [-0.2, 0) is 9.53 Å². The van der Waals surface area contributed by atoms with Crippen LogP contribution in [0.25, 0.3) is 16.6 Å². The van der Waals surface area contributed by atoms with Gasteiger partial charge in [-0.05, 0) is 42.2 Å². The van der Waals surface area contributed by atoms with Crippen molar-refractivity contribution in [2.45, 2.75) is 37.8 Å². The molecule has 0 aliphatic rings. The van der Waals surface area contributed by atoms with Gasteiger partial charge in [-0.25, -0.2) is 4.98 Å². The Balaban J connectivity index is 2.05. The molecule has 5 nitrogen and oxygen atoms in total. The van der Waals surface area contributed by atoms with Crippen molar-refractivity contribution in [3.63, 3.8) is 0 Å². The number of hydrogen-bond acceptors (Lipinski definition) is 5. The van der Waals surface area contributed by atoms with Crippen molar-refractivity contribution in [3.8, 4) is 5.69 Å². The number of carbonyl (C=O) groups excluding carboxylic acids is 1. The van der Waals surface area contributed by atoms with Gasteiger partial charge < -0.3 is 4.74 Å². The van der Waals surface area contributed by atoms with Crippen LogP contribution in [0.3, 0.4) is 0 Å². The second-order valence-corrected chi connectivity index (χ2v) is 7.69. The SMILES string of the molecule is CC[C@@H](C)c1ccc(-n2c(SCCC(=O)OC)nc3ccccc3c2=O)cc1. The van der Waals surface area contributed by atoms with Gasteiger partial charge in [-0.3, -0.25) is 14.2 Å². The number of benzene rings is 2. The van der Waals surface area contributed by atoms with Gasteiger partial charge in [0.15, 0.2) is 5.16 Å². The van der Waals surface area contributed by atoms with Crippen molar-refractivity contribution in [2.75, 3.05) is 12.9 Å². The number of methoxy groups -OCH3 is 1. The van der Waals surface area contributed by atoms with Gasteiger partial charge in [-0.1, -0.05) is 49.9 Å². The molecule has 0 aliphatic heterocycles. The molecule has 0 saturated heterocycles. The van der Waals surface area contributed by atoms with Gasteiger partial charge in [-0.15, -0.1) is 0 Å². The molecule has 1 aromatic heterocycles. The summed E-state index contributed by atoms with van der Waals surface area (Å²) >= 11 is 1.38. The molecule has 3 aromatic rings. The Hall–Kier alpha value is -2.60. The van der Waals surface area contributed by atoms with Gasteiger partial charge in [0, 0.05) is 5.75 Å². The Morgan fingerprint density at radius 3 is 2.57 bits per heavy atom. The fourth-order valence-corrected chi connectivity index (χ4v) is 3.88. The second kappa shape index (κ2) is 9.06. The molecule has 0 aliphatic carbocycles. The van der Waals surface area contributed by atoms with Crippen LogP contribution < -0.4 is 5.56 Å². The molecule has 0 amide bonds. The molecule has 0 spiro atoms. The first-order valence-corrected chi connectivity index (χ1v) is 10.4. The van der Waals surface area contributed by atoms with Crippen molar-refractivity contribution in [2.24, 2.45) is 0 Å². The summed E-state index contributed by atoms with van der Waals surface area (Å²) in [6.45, 7) is 4.35. The van der Waals surface area contributed by atoms with E-state index in [4.69, 9.17) is 4.74 Å². The van der Waals surface area contributed by atoms with Crippen LogP contribution in [0.4, 0.5) is 0 Å². The lowest BCUT2D eigenvalue weighted by Crippen LogP contribution is -2.22. The van der Waals surface area contributed by atoms with Crippen molar-refractivity contribution in [1.29, 1.82) is 0 Å². The molecule has 0 N–H and O–H groups in total. The number of fused-ring (bicyclic) bond motifs is 1. The van der Waals surface area contributed by atoms with E-state index < -0.39 is 0 Å². The number of thioether (sulfide) groups is 1. The van der Waals surface area contributed by atoms with E-state index in [-0.39, 0.29) is 17.9 Å². The molecule has 28 heavy (non-hydrogen) atoms. The molecule has 3 rings (SSSR count). The summed E-state index contributed by atoms with van der Waals surface area (Å²) in [5.41, 5.74) is 2.56. The van der Waals surface area contributed by atoms with E-state index in [1.807, 2.05) is 30.3 Å². The average molecular weight is 397 g/mol. The number of carbonyl (C=O) groups is 1. The highest BCUT2D eigenvalue weighted by Gasteiger charge is 2.14. The monoisotopic (exact) mass is 396 g/mol. The van der Waals surface area contributed by atoms with E-state index in [0.717, 1.165) is 12.1 Å². The van der Waals surface area contributed by atoms with Crippen LogP contribution in [0, 0.1) is 0 Å². The number of rotatable bonds is 7. The fraction of sp³-hybridized carbons (Fsp3) is 0.318. The van der Waals surface area contributed by atoms with Crippen LogP contribution in [-0.4, -0.2) is 28.4 Å². The number of esters is 1. The van der Waals surface area contributed by atoms with E-state index in [1.54, 1.807) is 10.6 Å². The third-order valence-corrected chi connectivity index (χ3v) is 5.78. The zero-order valence-corrected chi connectivity index (χ0v) is 17.2. The summed E-state index contributed by atoms with van der Waals surface area (Å²) in [5.74, 6) is 0.678. The molecule has 6 heteroatoms. The molecule has 0 unspecified atom stereocenters. The first-order valence-electron chi connectivity index (χ1n) is 9.37. The van der Waals surface area contributed by atoms with Crippen molar-refractivity contribution in [3.05, 3.63) is 64.4 Å². The highest BCUT2D eigenvalue weighted by Crippen LogP contribution is 2.24. The van der Waals surface area contributed by atoms with E-state index in [1.165, 1.54) is 24.4 Å². The van der Waals surface area contributed by atoms with Crippen molar-refractivity contribution >= 4 is 28.6 Å². The lowest BCUT2D eigenvalue weighted by atomic mass is 9.98. The van der Waals surface area contributed by atoms with E-state index >= 15 is 0 Å². The van der Waals surface area contributed by atoms with E-state index in [2.05, 4.69) is 31.0 Å². The molecule has 1 atom stereocenters. The minimum atomic E-state index is -0.278. The topological polar surface area (TPSA) is 61.2 Å². The maximum Gasteiger partial charge on any atom is 0.306 e. The average Bonchev–Trinajstić information content (AvgIpc) is 2.73. The quantitative estimate of drug-likeness (QED) is 0.333. The zero-order chi connectivity index (χ0) is 20.1. The van der Waals surface area contributed by atoms with Gasteiger partial charge in [0.2, 0.25) is 0 Å². The molecular formula is C22H24N2O3S. The highest BCUT2D eigenvalue weighted by atomic mass is 32.2. The number of nitrogens with zero attached hydrogens (tertiary/aromatic N) is 2. The maximum absolute atomic E-state index is 13.2. The zero-order valence-electron chi connectivity index (χ0n) is 16.3. The number of aromatic nitrogens is 2. The van der Waals surface area contributed by atoms with Crippen LogP contribution in [0.1, 0.15) is 38.2 Å². The van der Waals surface area contributed by atoms with Crippen LogP contribution >= 0.6 is 11.8 Å². The third-order valence-electron chi connectivity index (χ3n) is 4.84. The minimum absolute atomic E-state index is 0.109. The Bertz CT molecular complexity index is 1030. The van der Waals surface area contributed by atoms with Gasteiger partial charge in [-0.2, -0.15) is 0 Å². The van der Waals surface area contributed by atoms with Gasteiger partial charge in [0.25, 0.3) is 5.56 Å². The molecule has 0 bridgehead atoms. The second-order valence-electron chi connectivity index (χ2n) is 6.63. The predicted molar refractivity (Wildman–Crippen MR) is 113 cm³/mol. The Kier molecular flexibility index (Phi) is 6.52. The first-order chi connectivity index (χ1) is 13.5. The molecular weight excluding hydrogens is 372 g/mol. The summed E-state index contributed by atoms with van der Waals surface area (Å²) in [7, 11) is 1.37. The fourth-order valence-electron chi connectivity index (χ4n) is 2.95. The molecule has 1 heterocycles. The normalized spacial score (nSPS) is 12.1. The number of para-hydroxylation sites is 1. The smallest absolute Gasteiger partial charge is 0.306 e. The van der Waals surface area contributed by atoms with Gasteiger partial charge in [0.05, 0.1) is 30.1 Å². The Labute approximate surface area is 168 Å². The van der Waals surface area contributed by atoms with E-state index in [0.29, 0.717) is 27.7 Å². The van der Waals surface area contributed by atoms with Gasteiger partial charge in [0.1, 0.15) is 0 Å². The maximum atomic E-state index is 13.2. The minimum Gasteiger partial charge on any atom is -0.469 e. The molecule has 0 fully saturated rings. The number of ether oxygens (including phenoxy) is 1. The molecule has 0 saturated carbocycles. The van der Waals surface area contributed by atoms with E-state index in [9.17, 15) is 9.59 Å². The van der Waals surface area contributed by atoms with Gasteiger partial charge >= 0.3 is 5.97 Å². The summed E-state index contributed by atoms with van der Waals surface area (Å²) < 4.78 is 6.33. The standard InChI is InChI=1S/C22H24N2O3S/c1-4-15(2)16-9-11-17(12-10-16)24-21(26)18-7-5-6-8-19(18)23-22(24)28-14-13-20(25)27-3/h5-12,15H,4,13-14H2,1-3H3/t15-/m1/s1. The first kappa shape index (κ1) is 20.1. The third kappa shape index (κ3) is 4.28. The molecule has 2 aromatic carbocycles. The summed E-state index contributed by atoms with van der Waals surface area (Å²) in [6.07, 6.45) is 1.32. The Morgan fingerprint density at radius 1 is 1.18 bits per heavy atom. The van der Waals surface area contributed by atoms with Crippen molar-refractivity contribution in [1.82, 2.24) is 9.55 Å². The highest BCUT2D eigenvalue weighted by molar-refractivity contribution is 7.99. The molecule has 0 radical (unpaired) electrons. The summed E-state index contributed by atoms with van der Waals surface area (Å²) in [4.78, 5) is 29.3. The van der Waals surface area contributed by atoms with Crippen LogP contribution in [0.15, 0.2) is 58.5 Å². The van der Waals surface area contributed by atoms with Crippen LogP contribution in [0.2, 0.25) is 0 Å². The van der Waals surface area contributed by atoms with Crippen molar-refractivity contribution < 1.29 is 9.53 Å².